The summed E-state index contributed by atoms with van der Waals surface area (Å²) in [5.74, 6) is 6.99. The molecule has 1 aromatic rings. The summed E-state index contributed by atoms with van der Waals surface area (Å²) in [6.45, 7) is 8.95. The Morgan fingerprint density at radius 3 is 2.35 bits per heavy atom. The molecular formula is C15H26N2. The predicted octanol–water partition coefficient (Wildman–Crippen LogP) is 3.44. The summed E-state index contributed by atoms with van der Waals surface area (Å²) in [5.41, 5.74) is 5.64. The van der Waals surface area contributed by atoms with Crippen molar-refractivity contribution >= 4 is 0 Å². The van der Waals surface area contributed by atoms with Crippen molar-refractivity contribution in [3.63, 3.8) is 0 Å². The second-order valence-corrected chi connectivity index (χ2v) is 5.69. The lowest BCUT2D eigenvalue weighted by molar-refractivity contribution is 0.437. The van der Waals surface area contributed by atoms with Crippen LogP contribution in [0.1, 0.15) is 51.3 Å². The number of hydrazine groups is 1. The molecule has 0 bridgehead atoms. The highest BCUT2D eigenvalue weighted by atomic mass is 15.2. The minimum Gasteiger partial charge on any atom is -0.271 e. The Morgan fingerprint density at radius 2 is 1.82 bits per heavy atom. The van der Waals surface area contributed by atoms with Crippen molar-refractivity contribution in [3.8, 4) is 0 Å². The smallest absolute Gasteiger partial charge is 0.0462 e. The molecule has 96 valence electrons. The molecule has 0 aromatic heterocycles. The van der Waals surface area contributed by atoms with Gasteiger partial charge in [0.05, 0.1) is 0 Å². The molecule has 1 rings (SSSR count). The summed E-state index contributed by atoms with van der Waals surface area (Å²) < 4.78 is 0. The molecule has 0 aliphatic heterocycles. The van der Waals surface area contributed by atoms with Gasteiger partial charge in [-0.3, -0.25) is 11.3 Å². The minimum atomic E-state index is 0.266. The van der Waals surface area contributed by atoms with E-state index in [0.29, 0.717) is 11.8 Å². The molecule has 2 heteroatoms. The van der Waals surface area contributed by atoms with Gasteiger partial charge in [0.1, 0.15) is 0 Å². The maximum Gasteiger partial charge on any atom is 0.0462 e. The molecule has 0 radical (unpaired) electrons. The summed E-state index contributed by atoms with van der Waals surface area (Å²) >= 11 is 0. The van der Waals surface area contributed by atoms with E-state index in [0.717, 1.165) is 12.8 Å². The first-order valence-electron chi connectivity index (χ1n) is 6.58. The Morgan fingerprint density at radius 1 is 1.12 bits per heavy atom. The summed E-state index contributed by atoms with van der Waals surface area (Å²) in [4.78, 5) is 0. The fraction of sp³-hybridized carbons (Fsp3) is 0.600. The van der Waals surface area contributed by atoms with Crippen LogP contribution < -0.4 is 11.3 Å². The molecule has 0 fully saturated rings. The van der Waals surface area contributed by atoms with E-state index in [2.05, 4.69) is 57.4 Å². The average molecular weight is 234 g/mol. The molecule has 3 N–H and O–H groups in total. The van der Waals surface area contributed by atoms with Crippen LogP contribution in [0.2, 0.25) is 0 Å². The van der Waals surface area contributed by atoms with Gasteiger partial charge in [0, 0.05) is 6.04 Å². The van der Waals surface area contributed by atoms with Crippen LogP contribution in [0.15, 0.2) is 24.3 Å². The highest BCUT2D eigenvalue weighted by molar-refractivity contribution is 5.26. The molecule has 17 heavy (non-hydrogen) atoms. The lowest BCUT2D eigenvalue weighted by atomic mass is 9.94. The standard InChI is InChI=1S/C15H26N2/c1-11(2)8-13-6-5-7-14(10-13)15(17-16)9-12(3)4/h5-7,10-12,15,17H,8-9,16H2,1-4H3. The number of rotatable bonds is 6. The number of benzene rings is 1. The predicted molar refractivity (Wildman–Crippen MR) is 74.5 cm³/mol. The van der Waals surface area contributed by atoms with Gasteiger partial charge in [-0.15, -0.1) is 0 Å². The molecule has 0 heterocycles. The van der Waals surface area contributed by atoms with Gasteiger partial charge < -0.3 is 0 Å². The first kappa shape index (κ1) is 14.2. The molecule has 0 spiro atoms. The normalized spacial score (nSPS) is 13.4. The molecule has 0 aliphatic carbocycles. The second kappa shape index (κ2) is 6.77. The van der Waals surface area contributed by atoms with Gasteiger partial charge in [-0.1, -0.05) is 52.0 Å². The molecule has 1 atom stereocenters. The van der Waals surface area contributed by atoms with Crippen LogP contribution >= 0.6 is 0 Å². The van der Waals surface area contributed by atoms with Gasteiger partial charge in [0.25, 0.3) is 0 Å². The quantitative estimate of drug-likeness (QED) is 0.584. The summed E-state index contributed by atoms with van der Waals surface area (Å²) in [6.07, 6.45) is 2.20. The first-order chi connectivity index (χ1) is 8.02. The number of nitrogens with one attached hydrogen (secondary N) is 1. The third-order valence-electron chi connectivity index (χ3n) is 2.91. The zero-order chi connectivity index (χ0) is 12.8. The van der Waals surface area contributed by atoms with Crippen LogP contribution in [0.5, 0.6) is 0 Å². The van der Waals surface area contributed by atoms with Crippen molar-refractivity contribution in [2.45, 2.75) is 46.6 Å². The molecular weight excluding hydrogens is 208 g/mol. The van der Waals surface area contributed by atoms with Crippen molar-refractivity contribution in [3.05, 3.63) is 35.4 Å². The second-order valence-electron chi connectivity index (χ2n) is 5.69. The Bertz CT molecular complexity index is 331. The number of hydrogen-bond acceptors (Lipinski definition) is 2. The summed E-state index contributed by atoms with van der Waals surface area (Å²) in [7, 11) is 0. The maximum atomic E-state index is 5.65. The van der Waals surface area contributed by atoms with E-state index in [1.807, 2.05) is 0 Å². The Hall–Kier alpha value is -0.860. The van der Waals surface area contributed by atoms with Crippen molar-refractivity contribution in [1.29, 1.82) is 0 Å². The van der Waals surface area contributed by atoms with E-state index in [-0.39, 0.29) is 6.04 Å². The Balaban J connectivity index is 2.81. The van der Waals surface area contributed by atoms with Crippen LogP contribution in [0.4, 0.5) is 0 Å². The zero-order valence-corrected chi connectivity index (χ0v) is 11.5. The van der Waals surface area contributed by atoms with Crippen molar-refractivity contribution in [2.75, 3.05) is 0 Å². The fourth-order valence-electron chi connectivity index (χ4n) is 2.18. The van der Waals surface area contributed by atoms with Gasteiger partial charge >= 0.3 is 0 Å². The van der Waals surface area contributed by atoms with Crippen LogP contribution in [0.3, 0.4) is 0 Å². The first-order valence-corrected chi connectivity index (χ1v) is 6.58. The van der Waals surface area contributed by atoms with E-state index in [1.165, 1.54) is 11.1 Å². The van der Waals surface area contributed by atoms with E-state index in [1.54, 1.807) is 0 Å². The molecule has 1 aromatic carbocycles. The molecule has 0 saturated carbocycles. The van der Waals surface area contributed by atoms with Crippen LogP contribution in [-0.4, -0.2) is 0 Å². The van der Waals surface area contributed by atoms with Crippen LogP contribution in [0.25, 0.3) is 0 Å². The Labute approximate surface area is 106 Å². The third kappa shape index (κ3) is 4.88. The zero-order valence-electron chi connectivity index (χ0n) is 11.5. The monoisotopic (exact) mass is 234 g/mol. The van der Waals surface area contributed by atoms with Gasteiger partial charge in [0.15, 0.2) is 0 Å². The lowest BCUT2D eigenvalue weighted by Crippen LogP contribution is -2.29. The van der Waals surface area contributed by atoms with Crippen molar-refractivity contribution < 1.29 is 0 Å². The lowest BCUT2D eigenvalue weighted by Gasteiger charge is -2.19. The van der Waals surface area contributed by atoms with Gasteiger partial charge in [0.2, 0.25) is 0 Å². The molecule has 1 unspecified atom stereocenters. The van der Waals surface area contributed by atoms with Gasteiger partial charge in [-0.05, 0) is 35.8 Å². The van der Waals surface area contributed by atoms with E-state index >= 15 is 0 Å². The van der Waals surface area contributed by atoms with Crippen LogP contribution in [0, 0.1) is 11.8 Å². The number of nitrogens with two attached hydrogens (primary N) is 1. The average Bonchev–Trinajstić information content (AvgIpc) is 2.25. The topological polar surface area (TPSA) is 38.0 Å². The molecule has 2 nitrogen and oxygen atoms in total. The van der Waals surface area contributed by atoms with Crippen molar-refractivity contribution in [1.82, 2.24) is 5.43 Å². The maximum absolute atomic E-state index is 5.65. The van der Waals surface area contributed by atoms with Gasteiger partial charge in [-0.2, -0.15) is 0 Å². The largest absolute Gasteiger partial charge is 0.271 e. The molecule has 0 amide bonds. The molecule has 0 aliphatic rings. The van der Waals surface area contributed by atoms with Gasteiger partial charge in [-0.25, -0.2) is 0 Å². The number of hydrogen-bond donors (Lipinski definition) is 2. The third-order valence-corrected chi connectivity index (χ3v) is 2.91. The van der Waals surface area contributed by atoms with Crippen molar-refractivity contribution in [2.24, 2.45) is 17.7 Å². The molecule has 0 saturated heterocycles. The SMILES string of the molecule is CC(C)Cc1cccc(C(CC(C)C)NN)c1. The van der Waals surface area contributed by atoms with Crippen LogP contribution in [-0.2, 0) is 6.42 Å². The van der Waals surface area contributed by atoms with E-state index in [9.17, 15) is 0 Å². The fourth-order valence-corrected chi connectivity index (χ4v) is 2.18. The highest BCUT2D eigenvalue weighted by Gasteiger charge is 2.12. The van der Waals surface area contributed by atoms with E-state index in [4.69, 9.17) is 5.84 Å². The minimum absolute atomic E-state index is 0.266. The highest BCUT2D eigenvalue weighted by Crippen LogP contribution is 2.22. The summed E-state index contributed by atoms with van der Waals surface area (Å²) in [6, 6.07) is 9.05. The Kier molecular flexibility index (Phi) is 5.66. The van der Waals surface area contributed by atoms with E-state index < -0.39 is 0 Å². The summed E-state index contributed by atoms with van der Waals surface area (Å²) in [5, 5.41) is 0.